The molecule has 0 aliphatic carbocycles. The Bertz CT molecular complexity index is 817. The lowest BCUT2D eigenvalue weighted by atomic mass is 10.00. The summed E-state index contributed by atoms with van der Waals surface area (Å²) >= 11 is 1.69. The van der Waals surface area contributed by atoms with Gasteiger partial charge in [0, 0.05) is 18.5 Å². The molecule has 3 aromatic rings. The highest BCUT2D eigenvalue weighted by Crippen LogP contribution is 2.35. The molecule has 1 saturated heterocycles. The molecule has 23 heavy (non-hydrogen) atoms. The lowest BCUT2D eigenvalue weighted by Crippen LogP contribution is -2.28. The van der Waals surface area contributed by atoms with Crippen LogP contribution in [-0.4, -0.2) is 32.4 Å². The summed E-state index contributed by atoms with van der Waals surface area (Å²) in [6.07, 6.45) is -1.66. The lowest BCUT2D eigenvalue weighted by Gasteiger charge is -2.22. The van der Waals surface area contributed by atoms with E-state index in [4.69, 9.17) is 0 Å². The first kappa shape index (κ1) is 14.5. The second-order valence-electron chi connectivity index (χ2n) is 5.81. The molecule has 0 unspecified atom stereocenters. The van der Waals surface area contributed by atoms with E-state index in [9.17, 15) is 8.78 Å². The summed E-state index contributed by atoms with van der Waals surface area (Å²) in [4.78, 5) is 2.16. The summed E-state index contributed by atoms with van der Waals surface area (Å²) in [6.45, 7) is 2.97. The fourth-order valence-corrected chi connectivity index (χ4v) is 3.93. The lowest BCUT2D eigenvalue weighted by molar-refractivity contribution is 0.137. The Morgan fingerprint density at radius 1 is 1.26 bits per heavy atom. The molecule has 5 nitrogen and oxygen atoms in total. The van der Waals surface area contributed by atoms with Gasteiger partial charge >= 0.3 is 0 Å². The predicted molar refractivity (Wildman–Crippen MR) is 84.2 cm³/mol. The van der Waals surface area contributed by atoms with Crippen LogP contribution in [0.5, 0.6) is 0 Å². The van der Waals surface area contributed by atoms with Crippen LogP contribution in [0, 0.1) is 0 Å². The van der Waals surface area contributed by atoms with Crippen LogP contribution in [0.1, 0.15) is 37.1 Å². The summed E-state index contributed by atoms with van der Waals surface area (Å²) in [5.74, 6) is 0.719. The Morgan fingerprint density at radius 3 is 2.87 bits per heavy atom. The van der Waals surface area contributed by atoms with Crippen LogP contribution in [0.25, 0.3) is 5.65 Å². The number of aromatic nitrogens is 4. The molecule has 1 aliphatic heterocycles. The van der Waals surface area contributed by atoms with E-state index < -0.39 is 12.2 Å². The van der Waals surface area contributed by atoms with Gasteiger partial charge in [0.25, 0.3) is 6.43 Å². The third kappa shape index (κ3) is 2.46. The van der Waals surface area contributed by atoms with E-state index in [2.05, 4.69) is 43.9 Å². The van der Waals surface area contributed by atoms with Crippen molar-refractivity contribution in [3.05, 3.63) is 40.3 Å². The maximum atomic E-state index is 13.0. The van der Waals surface area contributed by atoms with Gasteiger partial charge in [-0.15, -0.1) is 15.3 Å². The SMILES string of the molecule is C[C@H]1C[C@H](c2ccsc2)CN1c1ccc2nnc(C(F)F)n2n1. The second kappa shape index (κ2) is 5.52. The molecule has 0 amide bonds. The van der Waals surface area contributed by atoms with Crippen LogP contribution in [-0.2, 0) is 0 Å². The molecule has 0 aromatic carbocycles. The van der Waals surface area contributed by atoms with Gasteiger partial charge in [0.1, 0.15) is 5.82 Å². The number of halogens is 2. The summed E-state index contributed by atoms with van der Waals surface area (Å²) in [5.41, 5.74) is 1.67. The molecule has 0 saturated carbocycles. The Morgan fingerprint density at radius 2 is 2.13 bits per heavy atom. The molecule has 0 bridgehead atoms. The quantitative estimate of drug-likeness (QED) is 0.735. The van der Waals surface area contributed by atoms with Crippen molar-refractivity contribution in [1.29, 1.82) is 0 Å². The van der Waals surface area contributed by atoms with Crippen LogP contribution >= 0.6 is 11.3 Å². The fraction of sp³-hybridized carbons (Fsp3) is 0.400. The number of rotatable bonds is 3. The van der Waals surface area contributed by atoms with Crippen molar-refractivity contribution in [3.63, 3.8) is 0 Å². The molecule has 0 spiro atoms. The smallest absolute Gasteiger partial charge is 0.299 e. The first-order valence-electron chi connectivity index (χ1n) is 7.42. The minimum atomic E-state index is -2.69. The summed E-state index contributed by atoms with van der Waals surface area (Å²) in [7, 11) is 0. The van der Waals surface area contributed by atoms with Crippen molar-refractivity contribution in [2.45, 2.75) is 31.7 Å². The van der Waals surface area contributed by atoms with Crippen molar-refractivity contribution in [3.8, 4) is 0 Å². The van der Waals surface area contributed by atoms with E-state index in [1.807, 2.05) is 6.07 Å². The third-order valence-corrected chi connectivity index (χ3v) is 5.05. The molecular formula is C15H15F2N5S. The van der Waals surface area contributed by atoms with Crippen molar-refractivity contribution in [2.24, 2.45) is 0 Å². The minimum absolute atomic E-state index is 0.302. The number of anilines is 1. The molecular weight excluding hydrogens is 320 g/mol. The average molecular weight is 335 g/mol. The van der Waals surface area contributed by atoms with Gasteiger partial charge in [0.15, 0.2) is 5.65 Å². The number of thiophene rings is 1. The zero-order valence-corrected chi connectivity index (χ0v) is 13.2. The minimum Gasteiger partial charge on any atom is -0.352 e. The number of alkyl halides is 2. The van der Waals surface area contributed by atoms with Crippen LogP contribution < -0.4 is 4.90 Å². The monoisotopic (exact) mass is 335 g/mol. The highest BCUT2D eigenvalue weighted by molar-refractivity contribution is 7.08. The number of nitrogens with zero attached hydrogens (tertiary/aromatic N) is 5. The van der Waals surface area contributed by atoms with Crippen molar-refractivity contribution < 1.29 is 8.78 Å². The largest absolute Gasteiger partial charge is 0.352 e. The first-order chi connectivity index (χ1) is 11.1. The summed E-state index contributed by atoms with van der Waals surface area (Å²) < 4.78 is 27.1. The maximum absolute atomic E-state index is 13.0. The first-order valence-corrected chi connectivity index (χ1v) is 8.37. The standard InChI is InChI=1S/C15H15F2N5S/c1-9-6-11(10-4-5-23-8-10)7-21(9)13-3-2-12-18-19-15(14(16)17)22(12)20-13/h2-5,8-9,11,14H,6-7H2,1H3/t9-,11-/m0/s1. The van der Waals surface area contributed by atoms with E-state index in [-0.39, 0.29) is 0 Å². The molecule has 3 aromatic heterocycles. The molecule has 4 rings (SSSR count). The maximum Gasteiger partial charge on any atom is 0.299 e. The number of hydrogen-bond acceptors (Lipinski definition) is 5. The average Bonchev–Trinajstić information content (AvgIpc) is 3.25. The third-order valence-electron chi connectivity index (χ3n) is 4.35. The molecule has 1 aliphatic rings. The van der Waals surface area contributed by atoms with Gasteiger partial charge in [-0.2, -0.15) is 15.9 Å². The highest BCUT2D eigenvalue weighted by atomic mass is 32.1. The Balaban J connectivity index is 1.67. The number of hydrogen-bond donors (Lipinski definition) is 0. The van der Waals surface area contributed by atoms with E-state index in [0.717, 1.165) is 17.5 Å². The van der Waals surface area contributed by atoms with Gasteiger partial charge in [-0.3, -0.25) is 0 Å². The zero-order chi connectivity index (χ0) is 16.0. The van der Waals surface area contributed by atoms with Crippen molar-refractivity contribution in [1.82, 2.24) is 19.8 Å². The van der Waals surface area contributed by atoms with Gasteiger partial charge in [-0.05, 0) is 47.9 Å². The number of fused-ring (bicyclic) bond motifs is 1. The summed E-state index contributed by atoms with van der Waals surface area (Å²) in [5, 5.41) is 15.9. The molecule has 4 heterocycles. The Labute approximate surface area is 135 Å². The van der Waals surface area contributed by atoms with Crippen LogP contribution in [0.3, 0.4) is 0 Å². The van der Waals surface area contributed by atoms with E-state index in [0.29, 0.717) is 23.4 Å². The van der Waals surface area contributed by atoms with Crippen LogP contribution in [0.15, 0.2) is 29.0 Å². The Hall–Kier alpha value is -2.09. The molecule has 8 heteroatoms. The van der Waals surface area contributed by atoms with Crippen LogP contribution in [0.2, 0.25) is 0 Å². The van der Waals surface area contributed by atoms with E-state index in [1.165, 1.54) is 5.56 Å². The predicted octanol–water partition coefficient (Wildman–Crippen LogP) is 3.51. The highest BCUT2D eigenvalue weighted by Gasteiger charge is 2.31. The van der Waals surface area contributed by atoms with Crippen molar-refractivity contribution >= 4 is 22.8 Å². The van der Waals surface area contributed by atoms with Gasteiger partial charge in [0.05, 0.1) is 0 Å². The van der Waals surface area contributed by atoms with E-state index >= 15 is 0 Å². The van der Waals surface area contributed by atoms with Gasteiger partial charge < -0.3 is 4.90 Å². The van der Waals surface area contributed by atoms with Gasteiger partial charge in [-0.25, -0.2) is 8.78 Å². The topological polar surface area (TPSA) is 46.3 Å². The normalized spacial score (nSPS) is 21.7. The molecule has 2 atom stereocenters. The van der Waals surface area contributed by atoms with Crippen LogP contribution in [0.4, 0.5) is 14.6 Å². The zero-order valence-electron chi connectivity index (χ0n) is 12.4. The molecule has 0 radical (unpaired) electrons. The second-order valence-corrected chi connectivity index (χ2v) is 6.59. The Kier molecular flexibility index (Phi) is 3.48. The molecule has 1 fully saturated rings. The summed E-state index contributed by atoms with van der Waals surface area (Å²) in [6, 6.07) is 5.96. The fourth-order valence-electron chi connectivity index (χ4n) is 3.18. The molecule has 120 valence electrons. The molecule has 0 N–H and O–H groups in total. The van der Waals surface area contributed by atoms with E-state index in [1.54, 1.807) is 17.4 Å². The van der Waals surface area contributed by atoms with Gasteiger partial charge in [0.2, 0.25) is 5.82 Å². The van der Waals surface area contributed by atoms with Crippen molar-refractivity contribution in [2.75, 3.05) is 11.4 Å². The van der Waals surface area contributed by atoms with Gasteiger partial charge in [-0.1, -0.05) is 0 Å².